The lowest BCUT2D eigenvalue weighted by Gasteiger charge is -2.28. The van der Waals surface area contributed by atoms with E-state index in [1.165, 1.54) is 17.5 Å². The molecule has 2 unspecified atom stereocenters. The normalized spacial score (nSPS) is 21.5. The lowest BCUT2D eigenvalue weighted by Crippen LogP contribution is -2.36. The van der Waals surface area contributed by atoms with Crippen molar-refractivity contribution in [1.82, 2.24) is 4.98 Å². The molecule has 1 aliphatic carbocycles. The molecule has 1 saturated carbocycles. The first kappa shape index (κ1) is 19.3. The summed E-state index contributed by atoms with van der Waals surface area (Å²) in [5, 5.41) is 0.448. The number of ether oxygens (including phenoxy) is 3. The van der Waals surface area contributed by atoms with Gasteiger partial charge in [-0.3, -0.25) is 0 Å². The Kier molecular flexibility index (Phi) is 5.93. The summed E-state index contributed by atoms with van der Waals surface area (Å²) >= 11 is 6.20. The molecule has 1 aromatic carbocycles. The van der Waals surface area contributed by atoms with Crippen molar-refractivity contribution in [1.29, 1.82) is 0 Å². The van der Waals surface area contributed by atoms with Gasteiger partial charge in [-0.05, 0) is 35.4 Å². The molecular weight excluding hydrogens is 376 g/mol. The number of aromatic nitrogens is 1. The van der Waals surface area contributed by atoms with Gasteiger partial charge in [0.25, 0.3) is 0 Å². The second kappa shape index (κ2) is 8.58. The summed E-state index contributed by atoms with van der Waals surface area (Å²) in [6.45, 7) is 5.92. The molecular formula is C22H27ClN2O3. The van der Waals surface area contributed by atoms with Crippen LogP contribution < -0.4 is 14.4 Å². The van der Waals surface area contributed by atoms with Crippen molar-refractivity contribution in [2.45, 2.75) is 25.7 Å². The Bertz CT molecular complexity index is 823. The third-order valence-electron chi connectivity index (χ3n) is 5.56. The molecule has 0 N–H and O–H groups in total. The van der Waals surface area contributed by atoms with Gasteiger partial charge in [0.2, 0.25) is 0 Å². The number of hydrogen-bond acceptors (Lipinski definition) is 5. The molecule has 2 atom stereocenters. The Morgan fingerprint density at radius 1 is 1.21 bits per heavy atom. The number of pyridine rings is 1. The van der Waals surface area contributed by atoms with E-state index < -0.39 is 0 Å². The van der Waals surface area contributed by atoms with Crippen LogP contribution in [0.1, 0.15) is 30.4 Å². The van der Waals surface area contributed by atoms with Gasteiger partial charge < -0.3 is 19.1 Å². The maximum atomic E-state index is 6.20. The van der Waals surface area contributed by atoms with Crippen LogP contribution in [-0.2, 0) is 11.2 Å². The molecule has 0 radical (unpaired) electrons. The third-order valence-corrected chi connectivity index (χ3v) is 5.75. The molecule has 2 aliphatic rings. The fraction of sp³-hybridized carbons (Fsp3) is 0.500. The summed E-state index contributed by atoms with van der Waals surface area (Å²) in [7, 11) is 1.75. The van der Waals surface area contributed by atoms with Gasteiger partial charge in [-0.1, -0.05) is 30.7 Å². The van der Waals surface area contributed by atoms with Crippen LogP contribution in [0.5, 0.6) is 11.5 Å². The van der Waals surface area contributed by atoms with Crippen molar-refractivity contribution in [2.24, 2.45) is 5.92 Å². The van der Waals surface area contributed by atoms with Crippen molar-refractivity contribution in [2.75, 3.05) is 44.9 Å². The first-order valence-electron chi connectivity index (χ1n) is 9.94. The highest BCUT2D eigenvalue weighted by molar-refractivity contribution is 6.29. The molecule has 2 fully saturated rings. The van der Waals surface area contributed by atoms with Gasteiger partial charge in [0.05, 0.1) is 26.9 Å². The average Bonchev–Trinajstić information content (AvgIpc) is 3.44. The number of benzene rings is 1. The Labute approximate surface area is 171 Å². The van der Waals surface area contributed by atoms with E-state index in [-0.39, 0.29) is 0 Å². The van der Waals surface area contributed by atoms with Crippen LogP contribution in [0, 0.1) is 5.92 Å². The predicted molar refractivity (Wildman–Crippen MR) is 111 cm³/mol. The van der Waals surface area contributed by atoms with Gasteiger partial charge in [-0.25, -0.2) is 4.98 Å². The molecule has 2 heterocycles. The number of anilines is 1. The van der Waals surface area contributed by atoms with E-state index >= 15 is 0 Å². The van der Waals surface area contributed by atoms with Crippen molar-refractivity contribution in [3.05, 3.63) is 46.6 Å². The summed E-state index contributed by atoms with van der Waals surface area (Å²) in [5.74, 6) is 4.00. The number of morpholine rings is 1. The fourth-order valence-corrected chi connectivity index (χ4v) is 3.95. The highest BCUT2D eigenvalue weighted by atomic mass is 35.5. The largest absolute Gasteiger partial charge is 0.496 e. The summed E-state index contributed by atoms with van der Waals surface area (Å²) in [6, 6.07) is 10.3. The topological polar surface area (TPSA) is 43.8 Å². The lowest BCUT2D eigenvalue weighted by atomic mass is 10.0. The van der Waals surface area contributed by atoms with Crippen molar-refractivity contribution in [3.63, 3.8) is 0 Å². The third kappa shape index (κ3) is 4.53. The Balaban J connectivity index is 1.38. The van der Waals surface area contributed by atoms with E-state index in [4.69, 9.17) is 25.8 Å². The van der Waals surface area contributed by atoms with Gasteiger partial charge in [0.15, 0.2) is 0 Å². The number of halogens is 1. The zero-order chi connectivity index (χ0) is 19.5. The lowest BCUT2D eigenvalue weighted by molar-refractivity contribution is 0.122. The van der Waals surface area contributed by atoms with Crippen molar-refractivity contribution < 1.29 is 14.2 Å². The summed E-state index contributed by atoms with van der Waals surface area (Å²) < 4.78 is 17.0. The highest BCUT2D eigenvalue weighted by Crippen LogP contribution is 2.50. The van der Waals surface area contributed by atoms with Gasteiger partial charge in [-0.2, -0.15) is 0 Å². The average molecular weight is 403 g/mol. The van der Waals surface area contributed by atoms with Crippen LogP contribution >= 0.6 is 11.6 Å². The highest BCUT2D eigenvalue weighted by Gasteiger charge is 2.35. The monoisotopic (exact) mass is 402 g/mol. The second-order valence-electron chi connectivity index (χ2n) is 7.58. The molecule has 150 valence electrons. The van der Waals surface area contributed by atoms with Gasteiger partial charge in [0.1, 0.15) is 22.5 Å². The molecule has 1 saturated heterocycles. The van der Waals surface area contributed by atoms with E-state index in [0.29, 0.717) is 30.9 Å². The van der Waals surface area contributed by atoms with Crippen LogP contribution in [-0.4, -0.2) is 45.0 Å². The maximum absolute atomic E-state index is 6.20. The molecule has 4 rings (SSSR count). The van der Waals surface area contributed by atoms with Crippen LogP contribution in [0.15, 0.2) is 30.3 Å². The number of rotatable bonds is 7. The summed E-state index contributed by atoms with van der Waals surface area (Å²) in [4.78, 5) is 6.60. The number of methoxy groups -OCH3 is 1. The van der Waals surface area contributed by atoms with E-state index in [2.05, 4.69) is 35.0 Å². The van der Waals surface area contributed by atoms with Crippen LogP contribution in [0.4, 0.5) is 5.82 Å². The predicted octanol–water partition coefficient (Wildman–Crippen LogP) is 4.33. The van der Waals surface area contributed by atoms with E-state index in [9.17, 15) is 0 Å². The van der Waals surface area contributed by atoms with Crippen LogP contribution in [0.2, 0.25) is 5.15 Å². The zero-order valence-corrected chi connectivity index (χ0v) is 17.2. The quantitative estimate of drug-likeness (QED) is 0.645. The molecule has 5 nitrogen and oxygen atoms in total. The second-order valence-corrected chi connectivity index (χ2v) is 7.96. The molecule has 0 amide bonds. The van der Waals surface area contributed by atoms with Gasteiger partial charge in [-0.15, -0.1) is 0 Å². The minimum atomic E-state index is 0.448. The molecule has 6 heteroatoms. The maximum Gasteiger partial charge on any atom is 0.135 e. The minimum Gasteiger partial charge on any atom is -0.496 e. The zero-order valence-electron chi connectivity index (χ0n) is 16.5. The SMILES string of the molecule is COc1cc(CCOc2cc(Cl)nc(N3CCOCC3)c2)ccc1C1CC1C. The first-order valence-corrected chi connectivity index (χ1v) is 10.3. The molecule has 1 aromatic heterocycles. The molecule has 2 aromatic rings. The van der Waals surface area contributed by atoms with Crippen LogP contribution in [0.25, 0.3) is 0 Å². The standard InChI is InChI=1S/C22H27ClN2O3/c1-15-11-19(15)18-4-3-16(12-20(18)26-2)5-8-28-17-13-21(23)24-22(14-17)25-6-9-27-10-7-25/h3-4,12-15,19H,5-11H2,1-2H3. The fourth-order valence-electron chi connectivity index (χ4n) is 3.76. The number of hydrogen-bond donors (Lipinski definition) is 0. The smallest absolute Gasteiger partial charge is 0.135 e. The minimum absolute atomic E-state index is 0.448. The molecule has 0 bridgehead atoms. The first-order chi connectivity index (χ1) is 13.6. The summed E-state index contributed by atoms with van der Waals surface area (Å²) in [5.41, 5.74) is 2.54. The van der Waals surface area contributed by atoms with Crippen molar-refractivity contribution in [3.8, 4) is 11.5 Å². The van der Waals surface area contributed by atoms with Crippen molar-refractivity contribution >= 4 is 17.4 Å². The van der Waals surface area contributed by atoms with E-state index in [1.807, 2.05) is 6.07 Å². The molecule has 1 aliphatic heterocycles. The van der Waals surface area contributed by atoms with E-state index in [1.54, 1.807) is 13.2 Å². The Hall–Kier alpha value is -1.98. The Morgan fingerprint density at radius 2 is 2.00 bits per heavy atom. The van der Waals surface area contributed by atoms with Crippen LogP contribution in [0.3, 0.4) is 0 Å². The van der Waals surface area contributed by atoms with Gasteiger partial charge >= 0.3 is 0 Å². The Morgan fingerprint density at radius 3 is 2.71 bits per heavy atom. The molecule has 28 heavy (non-hydrogen) atoms. The van der Waals surface area contributed by atoms with Gasteiger partial charge in [0, 0.05) is 31.6 Å². The van der Waals surface area contributed by atoms with E-state index in [0.717, 1.165) is 42.7 Å². The summed E-state index contributed by atoms with van der Waals surface area (Å²) in [6.07, 6.45) is 2.07. The molecule has 0 spiro atoms. The number of nitrogens with zero attached hydrogens (tertiary/aromatic N) is 2.